The van der Waals surface area contributed by atoms with Gasteiger partial charge in [-0.15, -0.1) is 0 Å². The zero-order chi connectivity index (χ0) is 23.8. The summed E-state index contributed by atoms with van der Waals surface area (Å²) in [4.78, 5) is 0. The van der Waals surface area contributed by atoms with Crippen molar-refractivity contribution in [3.63, 3.8) is 0 Å². The highest BCUT2D eigenvalue weighted by molar-refractivity contribution is 5.71. The Morgan fingerprint density at radius 1 is 0.735 bits per heavy atom. The van der Waals surface area contributed by atoms with Crippen LogP contribution in [0.25, 0.3) is 0 Å². The molecular weight excluding hydrogens is 414 g/mol. The minimum absolute atomic E-state index is 0.0244. The van der Waals surface area contributed by atoms with E-state index in [1.165, 1.54) is 27.8 Å². The van der Waals surface area contributed by atoms with Crippen molar-refractivity contribution < 1.29 is 4.74 Å². The summed E-state index contributed by atoms with van der Waals surface area (Å²) in [5.74, 6) is 1.32. The molecule has 2 heteroatoms. The van der Waals surface area contributed by atoms with E-state index in [0.717, 1.165) is 17.9 Å². The number of benzene rings is 4. The molecule has 0 bridgehead atoms. The first-order valence-corrected chi connectivity index (χ1v) is 12.1. The molecule has 1 heterocycles. The van der Waals surface area contributed by atoms with Gasteiger partial charge < -0.3 is 10.1 Å². The third-order valence-electron chi connectivity index (χ3n) is 7.22. The first-order chi connectivity index (χ1) is 16.5. The van der Waals surface area contributed by atoms with Crippen molar-refractivity contribution in [2.75, 3.05) is 12.4 Å². The summed E-state index contributed by atoms with van der Waals surface area (Å²) in [5.41, 5.74) is 6.94. The summed E-state index contributed by atoms with van der Waals surface area (Å²) in [6.07, 6.45) is 1.07. The van der Waals surface area contributed by atoms with Crippen LogP contribution >= 0.6 is 0 Å². The Morgan fingerprint density at radius 2 is 1.21 bits per heavy atom. The Labute approximate surface area is 203 Å². The van der Waals surface area contributed by atoms with E-state index in [4.69, 9.17) is 4.74 Å². The lowest BCUT2D eigenvalue weighted by atomic mass is 9.64. The maximum Gasteiger partial charge on any atom is 0.142 e. The fourth-order valence-corrected chi connectivity index (χ4v) is 5.87. The molecule has 1 N–H and O–H groups in total. The van der Waals surface area contributed by atoms with Crippen LogP contribution in [0.15, 0.2) is 103 Å². The molecule has 0 saturated heterocycles. The Kier molecular flexibility index (Phi) is 5.69. The van der Waals surface area contributed by atoms with Crippen LogP contribution in [-0.2, 0) is 5.41 Å². The van der Waals surface area contributed by atoms with E-state index in [1.54, 1.807) is 7.11 Å². The van der Waals surface area contributed by atoms with E-state index in [-0.39, 0.29) is 5.54 Å². The van der Waals surface area contributed by atoms with E-state index < -0.39 is 5.41 Å². The van der Waals surface area contributed by atoms with Crippen LogP contribution < -0.4 is 10.1 Å². The Bertz CT molecular complexity index is 1170. The number of ether oxygens (including phenoxy) is 1. The lowest BCUT2D eigenvalue weighted by molar-refractivity contribution is 0.402. The molecule has 0 aliphatic carbocycles. The summed E-state index contributed by atoms with van der Waals surface area (Å²) in [6, 6.07) is 37.2. The van der Waals surface area contributed by atoms with E-state index >= 15 is 0 Å². The first-order valence-electron chi connectivity index (χ1n) is 12.1. The van der Waals surface area contributed by atoms with Gasteiger partial charge in [0.2, 0.25) is 0 Å². The Morgan fingerprint density at radius 3 is 1.65 bits per heavy atom. The summed E-state index contributed by atoms with van der Waals surface area (Å²) < 4.78 is 6.04. The van der Waals surface area contributed by atoms with Crippen molar-refractivity contribution >= 4 is 5.69 Å². The molecule has 0 fully saturated rings. The molecular formula is C32H33NO. The molecule has 1 aliphatic heterocycles. The van der Waals surface area contributed by atoms with E-state index in [9.17, 15) is 0 Å². The second-order valence-corrected chi connectivity index (χ2v) is 10.1. The second-order valence-electron chi connectivity index (χ2n) is 10.1. The van der Waals surface area contributed by atoms with Crippen LogP contribution in [0.3, 0.4) is 0 Å². The van der Waals surface area contributed by atoms with Crippen LogP contribution in [0.4, 0.5) is 5.69 Å². The number of methoxy groups -OCH3 is 1. The van der Waals surface area contributed by atoms with E-state index in [2.05, 4.69) is 129 Å². The van der Waals surface area contributed by atoms with Gasteiger partial charge in [-0.1, -0.05) is 104 Å². The first kappa shape index (κ1) is 22.3. The molecule has 2 nitrogen and oxygen atoms in total. The van der Waals surface area contributed by atoms with Crippen LogP contribution in [0.2, 0.25) is 0 Å². The minimum Gasteiger partial charge on any atom is -0.495 e. The fourth-order valence-electron chi connectivity index (χ4n) is 5.87. The maximum absolute atomic E-state index is 6.04. The molecule has 0 spiro atoms. The standard InChI is InChI=1S/C32H33NO/c1-23-22-31(2,3)33-30-28(23)20-27(21-29(30)34-4)32(24-14-8-5-9-15-24,25-16-10-6-11-17-25)26-18-12-7-13-19-26/h5-21,23,33H,22H2,1-4H3. The number of hydrogen-bond donors (Lipinski definition) is 1. The largest absolute Gasteiger partial charge is 0.495 e. The van der Waals surface area contributed by atoms with Crippen molar-refractivity contribution in [1.29, 1.82) is 0 Å². The topological polar surface area (TPSA) is 21.3 Å². The molecule has 0 saturated carbocycles. The number of anilines is 1. The Hall–Kier alpha value is -3.52. The summed E-state index contributed by atoms with van der Waals surface area (Å²) in [5, 5.41) is 3.76. The molecule has 0 amide bonds. The molecule has 1 aliphatic rings. The highest BCUT2D eigenvalue weighted by Crippen LogP contribution is 2.50. The molecule has 4 aromatic carbocycles. The third-order valence-corrected chi connectivity index (χ3v) is 7.22. The highest BCUT2D eigenvalue weighted by Gasteiger charge is 2.41. The van der Waals surface area contributed by atoms with Gasteiger partial charge in [0, 0.05) is 5.54 Å². The van der Waals surface area contributed by atoms with E-state index in [0.29, 0.717) is 5.92 Å². The number of fused-ring (bicyclic) bond motifs is 1. The minimum atomic E-state index is -0.473. The van der Waals surface area contributed by atoms with E-state index in [1.807, 2.05) is 0 Å². The summed E-state index contributed by atoms with van der Waals surface area (Å²) >= 11 is 0. The van der Waals surface area contributed by atoms with Gasteiger partial charge in [0.05, 0.1) is 18.2 Å². The van der Waals surface area contributed by atoms with Gasteiger partial charge in [-0.2, -0.15) is 0 Å². The van der Waals surface area contributed by atoms with Crippen LogP contribution in [0.1, 0.15) is 60.9 Å². The van der Waals surface area contributed by atoms with Gasteiger partial charge in [-0.05, 0) is 60.1 Å². The van der Waals surface area contributed by atoms with Gasteiger partial charge in [-0.25, -0.2) is 0 Å². The fraction of sp³-hybridized carbons (Fsp3) is 0.250. The maximum atomic E-state index is 6.04. The highest BCUT2D eigenvalue weighted by atomic mass is 16.5. The summed E-state index contributed by atoms with van der Waals surface area (Å²) in [6.45, 7) is 6.86. The predicted molar refractivity (Wildman–Crippen MR) is 142 cm³/mol. The monoisotopic (exact) mass is 447 g/mol. The van der Waals surface area contributed by atoms with Gasteiger partial charge in [0.15, 0.2) is 0 Å². The number of nitrogens with one attached hydrogen (secondary N) is 1. The molecule has 5 rings (SSSR count). The van der Waals surface area contributed by atoms with Crippen molar-refractivity contribution in [3.05, 3.63) is 131 Å². The lowest BCUT2D eigenvalue weighted by Crippen LogP contribution is -2.37. The van der Waals surface area contributed by atoms with Crippen LogP contribution in [0, 0.1) is 0 Å². The molecule has 0 aromatic heterocycles. The normalized spacial score (nSPS) is 16.9. The van der Waals surface area contributed by atoms with Crippen molar-refractivity contribution in [1.82, 2.24) is 0 Å². The van der Waals surface area contributed by atoms with Gasteiger partial charge in [0.25, 0.3) is 0 Å². The average molecular weight is 448 g/mol. The molecule has 34 heavy (non-hydrogen) atoms. The molecule has 0 radical (unpaired) electrons. The van der Waals surface area contributed by atoms with Gasteiger partial charge in [-0.3, -0.25) is 0 Å². The van der Waals surface area contributed by atoms with Crippen LogP contribution in [0.5, 0.6) is 5.75 Å². The molecule has 172 valence electrons. The van der Waals surface area contributed by atoms with Gasteiger partial charge >= 0.3 is 0 Å². The third kappa shape index (κ3) is 3.68. The lowest BCUT2D eigenvalue weighted by Gasteiger charge is -2.41. The zero-order valence-electron chi connectivity index (χ0n) is 20.5. The SMILES string of the molecule is COc1cc(C(c2ccccc2)(c2ccccc2)c2ccccc2)cc2c1NC(C)(C)CC2C. The van der Waals surface area contributed by atoms with Crippen molar-refractivity contribution in [3.8, 4) is 5.75 Å². The molecule has 1 atom stereocenters. The smallest absolute Gasteiger partial charge is 0.142 e. The number of rotatable bonds is 5. The van der Waals surface area contributed by atoms with Crippen molar-refractivity contribution in [2.24, 2.45) is 0 Å². The molecule has 4 aromatic rings. The summed E-state index contributed by atoms with van der Waals surface area (Å²) in [7, 11) is 1.78. The quantitative estimate of drug-likeness (QED) is 0.315. The average Bonchev–Trinajstić information content (AvgIpc) is 2.86. The number of hydrogen-bond acceptors (Lipinski definition) is 2. The molecule has 1 unspecified atom stereocenters. The second kappa shape index (κ2) is 8.68. The van der Waals surface area contributed by atoms with Crippen LogP contribution in [-0.4, -0.2) is 12.6 Å². The predicted octanol–water partition coefficient (Wildman–Crippen LogP) is 7.78. The Balaban J connectivity index is 1.89. The van der Waals surface area contributed by atoms with Crippen molar-refractivity contribution in [2.45, 2.75) is 44.1 Å². The van der Waals surface area contributed by atoms with Gasteiger partial charge in [0.1, 0.15) is 5.75 Å². The zero-order valence-corrected chi connectivity index (χ0v) is 20.5.